The van der Waals surface area contributed by atoms with E-state index in [1.54, 1.807) is 52.9 Å². The summed E-state index contributed by atoms with van der Waals surface area (Å²) in [5.74, 6) is 0.539. The van der Waals surface area contributed by atoms with Crippen LogP contribution in [0.4, 0.5) is 5.69 Å². The molecule has 0 saturated carbocycles. The molecular weight excluding hydrogens is 366 g/mol. The summed E-state index contributed by atoms with van der Waals surface area (Å²) in [4.78, 5) is 39.8. The highest BCUT2D eigenvalue weighted by Crippen LogP contribution is 2.26. The molecule has 0 radical (unpaired) electrons. The maximum atomic E-state index is 13.3. The summed E-state index contributed by atoms with van der Waals surface area (Å²) in [6.07, 6.45) is 2.58. The molecule has 0 N–H and O–H groups in total. The van der Waals surface area contributed by atoms with Crippen molar-refractivity contribution in [3.05, 3.63) is 52.1 Å². The summed E-state index contributed by atoms with van der Waals surface area (Å²) in [6.45, 7) is 0.972. The Kier molecular flexibility index (Phi) is 5.65. The van der Waals surface area contributed by atoms with E-state index >= 15 is 0 Å². The Balaban J connectivity index is 1.98. The first-order valence-corrected chi connectivity index (χ1v) is 10.1. The number of hydrogen-bond acceptors (Lipinski definition) is 5. The van der Waals surface area contributed by atoms with Gasteiger partial charge in [0.05, 0.1) is 4.92 Å². The Hall–Kier alpha value is -2.61. The number of hydrogen-bond donors (Lipinski definition) is 0. The molecule has 142 valence electrons. The first-order chi connectivity index (χ1) is 12.9. The van der Waals surface area contributed by atoms with E-state index in [0.717, 1.165) is 5.75 Å². The highest BCUT2D eigenvalue weighted by atomic mass is 32.2. The fourth-order valence-corrected chi connectivity index (χ4v) is 3.85. The number of piperazine rings is 1. The molecule has 3 rings (SSSR count). The lowest BCUT2D eigenvalue weighted by atomic mass is 10.0. The lowest BCUT2D eigenvalue weighted by Crippen LogP contribution is -2.57. The predicted molar refractivity (Wildman–Crippen MR) is 106 cm³/mol. The molecule has 1 atom stereocenters. The molecule has 0 aliphatic carbocycles. The van der Waals surface area contributed by atoms with Gasteiger partial charge in [-0.25, -0.2) is 0 Å². The zero-order chi connectivity index (χ0) is 19.6. The fraction of sp³-hybridized carbons (Fsp3) is 0.368. The molecule has 0 unspecified atom stereocenters. The minimum absolute atomic E-state index is 0.0141. The fourth-order valence-electron chi connectivity index (χ4n) is 3.39. The highest BCUT2D eigenvalue weighted by molar-refractivity contribution is 7.98. The molecule has 1 saturated heterocycles. The second-order valence-electron chi connectivity index (χ2n) is 6.52. The van der Waals surface area contributed by atoms with Crippen molar-refractivity contribution >= 4 is 40.0 Å². The van der Waals surface area contributed by atoms with Crippen LogP contribution in [0.25, 0.3) is 10.8 Å². The molecule has 0 spiro atoms. The van der Waals surface area contributed by atoms with Crippen LogP contribution in [0.2, 0.25) is 0 Å². The molecule has 2 amide bonds. The van der Waals surface area contributed by atoms with Crippen molar-refractivity contribution in [2.75, 3.05) is 32.1 Å². The lowest BCUT2D eigenvalue weighted by molar-refractivity contribution is -0.384. The van der Waals surface area contributed by atoms with Crippen LogP contribution in [0.3, 0.4) is 0 Å². The van der Waals surface area contributed by atoms with Gasteiger partial charge in [0.1, 0.15) is 6.04 Å². The largest absolute Gasteiger partial charge is 0.342 e. The van der Waals surface area contributed by atoms with Gasteiger partial charge in [-0.15, -0.1) is 0 Å². The van der Waals surface area contributed by atoms with Gasteiger partial charge >= 0.3 is 0 Å². The second-order valence-corrected chi connectivity index (χ2v) is 7.51. The number of likely N-dealkylation sites (N-methyl/N-ethyl adjacent to an activating group) is 1. The van der Waals surface area contributed by atoms with Crippen LogP contribution in [0.1, 0.15) is 16.8 Å². The predicted octanol–water partition coefficient (Wildman–Crippen LogP) is 2.78. The zero-order valence-corrected chi connectivity index (χ0v) is 16.1. The number of amides is 2. The van der Waals surface area contributed by atoms with Crippen molar-refractivity contribution in [2.45, 2.75) is 12.5 Å². The van der Waals surface area contributed by atoms with E-state index in [4.69, 9.17) is 0 Å². The van der Waals surface area contributed by atoms with Crippen LogP contribution < -0.4 is 0 Å². The van der Waals surface area contributed by atoms with Crippen molar-refractivity contribution in [1.29, 1.82) is 0 Å². The van der Waals surface area contributed by atoms with Crippen LogP contribution in [0, 0.1) is 10.1 Å². The Morgan fingerprint density at radius 3 is 2.78 bits per heavy atom. The third-order valence-corrected chi connectivity index (χ3v) is 5.52. The minimum Gasteiger partial charge on any atom is -0.342 e. The molecule has 27 heavy (non-hydrogen) atoms. The Bertz CT molecular complexity index is 902. The van der Waals surface area contributed by atoms with E-state index < -0.39 is 11.0 Å². The summed E-state index contributed by atoms with van der Waals surface area (Å²) in [7, 11) is 1.76. The van der Waals surface area contributed by atoms with Gasteiger partial charge in [0.15, 0.2) is 0 Å². The van der Waals surface area contributed by atoms with Crippen LogP contribution in [-0.2, 0) is 4.79 Å². The number of carbonyl (C=O) groups is 2. The molecule has 1 aliphatic heterocycles. The number of thioether (sulfide) groups is 1. The molecule has 2 aromatic carbocycles. The number of nitro benzene ring substituents is 1. The van der Waals surface area contributed by atoms with Crippen LogP contribution in [-0.4, -0.2) is 64.7 Å². The summed E-state index contributed by atoms with van der Waals surface area (Å²) >= 11 is 1.64. The van der Waals surface area contributed by atoms with E-state index in [2.05, 4.69) is 0 Å². The molecule has 1 fully saturated rings. The number of nitro groups is 1. The number of benzene rings is 2. The van der Waals surface area contributed by atoms with Crippen LogP contribution >= 0.6 is 11.8 Å². The average Bonchev–Trinajstić information content (AvgIpc) is 2.67. The molecule has 0 aromatic heterocycles. The zero-order valence-electron chi connectivity index (χ0n) is 15.3. The Morgan fingerprint density at radius 2 is 2.07 bits per heavy atom. The quantitative estimate of drug-likeness (QED) is 0.582. The third-order valence-electron chi connectivity index (χ3n) is 4.88. The summed E-state index contributed by atoms with van der Waals surface area (Å²) in [6, 6.07) is 9.18. The van der Waals surface area contributed by atoms with Gasteiger partial charge in [-0.2, -0.15) is 11.8 Å². The van der Waals surface area contributed by atoms with E-state index in [9.17, 15) is 19.7 Å². The molecule has 7 nitrogen and oxygen atoms in total. The molecular formula is C19H21N3O4S. The maximum absolute atomic E-state index is 13.3. The first-order valence-electron chi connectivity index (χ1n) is 8.66. The van der Waals surface area contributed by atoms with Crippen molar-refractivity contribution in [1.82, 2.24) is 9.80 Å². The van der Waals surface area contributed by atoms with Crippen molar-refractivity contribution < 1.29 is 14.5 Å². The van der Waals surface area contributed by atoms with Crippen LogP contribution in [0.5, 0.6) is 0 Å². The standard InChI is InChI=1S/C19H21N3O4S/c1-20-9-10-21(17(19(20)24)8-11-27-2)18(23)16-5-3-4-13-12-14(22(25)26)6-7-15(13)16/h3-7,12,17H,8-11H2,1-2H3/t17-/m0/s1. The van der Waals surface area contributed by atoms with E-state index in [1.165, 1.54) is 12.1 Å². The van der Waals surface area contributed by atoms with Crippen molar-refractivity contribution in [3.8, 4) is 0 Å². The third kappa shape index (κ3) is 3.75. The van der Waals surface area contributed by atoms with Gasteiger partial charge in [0.25, 0.3) is 11.6 Å². The van der Waals surface area contributed by atoms with Gasteiger partial charge in [-0.1, -0.05) is 12.1 Å². The summed E-state index contributed by atoms with van der Waals surface area (Å²) < 4.78 is 0. The minimum atomic E-state index is -0.475. The number of rotatable bonds is 5. The van der Waals surface area contributed by atoms with Gasteiger partial charge in [0.2, 0.25) is 5.91 Å². The maximum Gasteiger partial charge on any atom is 0.270 e. The lowest BCUT2D eigenvalue weighted by Gasteiger charge is -2.39. The second kappa shape index (κ2) is 7.96. The van der Waals surface area contributed by atoms with E-state index in [-0.39, 0.29) is 17.5 Å². The average molecular weight is 387 g/mol. The SMILES string of the molecule is CSCC[C@H]1C(=O)N(C)CCN1C(=O)c1cccc2cc([N+](=O)[O-])ccc12. The van der Waals surface area contributed by atoms with E-state index in [1.807, 2.05) is 6.26 Å². The number of carbonyl (C=O) groups excluding carboxylic acids is 2. The summed E-state index contributed by atoms with van der Waals surface area (Å²) in [5.41, 5.74) is 0.452. The van der Waals surface area contributed by atoms with Gasteiger partial charge < -0.3 is 9.80 Å². The van der Waals surface area contributed by atoms with Crippen molar-refractivity contribution in [3.63, 3.8) is 0 Å². The van der Waals surface area contributed by atoms with Crippen LogP contribution in [0.15, 0.2) is 36.4 Å². The number of non-ortho nitro benzene ring substituents is 1. The first kappa shape index (κ1) is 19.2. The Morgan fingerprint density at radius 1 is 1.30 bits per heavy atom. The van der Waals surface area contributed by atoms with Crippen molar-refractivity contribution in [2.24, 2.45) is 0 Å². The summed E-state index contributed by atoms with van der Waals surface area (Å²) in [5, 5.41) is 12.3. The normalized spacial score (nSPS) is 17.4. The number of fused-ring (bicyclic) bond motifs is 1. The van der Waals surface area contributed by atoms with E-state index in [0.29, 0.717) is 35.8 Å². The molecule has 1 aliphatic rings. The Labute approximate surface area is 161 Å². The molecule has 0 bridgehead atoms. The molecule has 2 aromatic rings. The number of nitrogens with zero attached hydrogens (tertiary/aromatic N) is 3. The molecule has 8 heteroatoms. The monoisotopic (exact) mass is 387 g/mol. The highest BCUT2D eigenvalue weighted by Gasteiger charge is 2.36. The molecule has 1 heterocycles. The van der Waals surface area contributed by atoms with Gasteiger partial charge in [-0.05, 0) is 41.3 Å². The van der Waals surface area contributed by atoms with Gasteiger partial charge in [-0.3, -0.25) is 19.7 Å². The van der Waals surface area contributed by atoms with Gasteiger partial charge in [0, 0.05) is 37.8 Å². The smallest absolute Gasteiger partial charge is 0.270 e. The topological polar surface area (TPSA) is 83.8 Å².